The Morgan fingerprint density at radius 3 is 2.78 bits per heavy atom. The van der Waals surface area contributed by atoms with Crippen molar-refractivity contribution < 1.29 is 14.7 Å². The van der Waals surface area contributed by atoms with Gasteiger partial charge in [-0.25, -0.2) is 9.59 Å². The molecular weight excluding hydrogens is 236 g/mol. The third kappa shape index (κ3) is 2.15. The number of carbonyl (C=O) groups excluding carboxylic acids is 1. The summed E-state index contributed by atoms with van der Waals surface area (Å²) in [6.07, 6.45) is 1.22. The maximum atomic E-state index is 12.0. The Balaban J connectivity index is 2.11. The van der Waals surface area contributed by atoms with Crippen LogP contribution in [0.1, 0.15) is 24.2 Å². The molecular formula is C11H16N4O3. The number of nitrogens with zero attached hydrogens (tertiary/aromatic N) is 2. The summed E-state index contributed by atoms with van der Waals surface area (Å²) >= 11 is 0. The molecule has 1 aromatic rings. The lowest BCUT2D eigenvalue weighted by Gasteiger charge is -2.21. The van der Waals surface area contributed by atoms with Crippen LogP contribution in [0.25, 0.3) is 0 Å². The number of carboxylic acids is 1. The molecule has 0 spiro atoms. The molecule has 1 fully saturated rings. The SMILES string of the molecule is Cc1n[nH]c(C)c1NC(=O)N1CCC[C@H]1C(=O)O. The molecule has 1 saturated heterocycles. The van der Waals surface area contributed by atoms with Gasteiger partial charge in [-0.05, 0) is 26.7 Å². The first-order valence-electron chi connectivity index (χ1n) is 5.82. The van der Waals surface area contributed by atoms with E-state index >= 15 is 0 Å². The van der Waals surface area contributed by atoms with Crippen LogP contribution < -0.4 is 5.32 Å². The average Bonchev–Trinajstić information content (AvgIpc) is 2.90. The van der Waals surface area contributed by atoms with Crippen molar-refractivity contribution in [2.24, 2.45) is 0 Å². The predicted molar refractivity (Wildman–Crippen MR) is 64.4 cm³/mol. The molecule has 3 N–H and O–H groups in total. The highest BCUT2D eigenvalue weighted by Crippen LogP contribution is 2.21. The molecule has 0 unspecified atom stereocenters. The fourth-order valence-electron chi connectivity index (χ4n) is 2.18. The Hall–Kier alpha value is -2.05. The average molecular weight is 252 g/mol. The van der Waals surface area contributed by atoms with E-state index in [0.717, 1.165) is 5.69 Å². The highest BCUT2D eigenvalue weighted by Gasteiger charge is 2.34. The number of carbonyl (C=O) groups is 2. The van der Waals surface area contributed by atoms with Crippen molar-refractivity contribution in [1.29, 1.82) is 0 Å². The van der Waals surface area contributed by atoms with Gasteiger partial charge >= 0.3 is 12.0 Å². The van der Waals surface area contributed by atoms with Gasteiger partial charge in [-0.1, -0.05) is 0 Å². The van der Waals surface area contributed by atoms with Gasteiger partial charge in [-0.15, -0.1) is 0 Å². The topological polar surface area (TPSA) is 98.3 Å². The number of hydrogen-bond donors (Lipinski definition) is 3. The summed E-state index contributed by atoms with van der Waals surface area (Å²) in [7, 11) is 0. The summed E-state index contributed by atoms with van der Waals surface area (Å²) in [5.41, 5.74) is 2.06. The molecule has 0 radical (unpaired) electrons. The molecule has 1 aliphatic rings. The summed E-state index contributed by atoms with van der Waals surface area (Å²) in [4.78, 5) is 24.4. The second-order valence-electron chi connectivity index (χ2n) is 4.43. The van der Waals surface area contributed by atoms with Gasteiger partial charge in [0.2, 0.25) is 0 Å². The molecule has 2 heterocycles. The van der Waals surface area contributed by atoms with Gasteiger partial charge in [0.05, 0.1) is 17.1 Å². The molecule has 0 saturated carbocycles. The van der Waals surface area contributed by atoms with E-state index < -0.39 is 12.0 Å². The smallest absolute Gasteiger partial charge is 0.326 e. The minimum atomic E-state index is -0.955. The summed E-state index contributed by atoms with van der Waals surface area (Å²) in [5, 5.41) is 18.5. The van der Waals surface area contributed by atoms with Gasteiger partial charge in [0.15, 0.2) is 0 Å². The van der Waals surface area contributed by atoms with Crippen LogP contribution in [-0.2, 0) is 4.79 Å². The van der Waals surface area contributed by atoms with E-state index in [1.807, 2.05) is 0 Å². The van der Waals surface area contributed by atoms with Gasteiger partial charge in [0.1, 0.15) is 6.04 Å². The molecule has 1 aliphatic heterocycles. The van der Waals surface area contributed by atoms with Crippen molar-refractivity contribution in [3.8, 4) is 0 Å². The van der Waals surface area contributed by atoms with Crippen molar-refractivity contribution in [1.82, 2.24) is 15.1 Å². The zero-order valence-corrected chi connectivity index (χ0v) is 10.4. The minimum absolute atomic E-state index is 0.382. The van der Waals surface area contributed by atoms with E-state index in [4.69, 9.17) is 5.11 Å². The first-order valence-corrected chi connectivity index (χ1v) is 5.82. The van der Waals surface area contributed by atoms with Crippen molar-refractivity contribution in [2.45, 2.75) is 32.7 Å². The first kappa shape index (κ1) is 12.4. The Bertz CT molecular complexity index is 463. The number of hydrogen-bond acceptors (Lipinski definition) is 3. The number of amides is 2. The number of likely N-dealkylation sites (tertiary alicyclic amines) is 1. The van der Waals surface area contributed by atoms with Crippen LogP contribution in [0.2, 0.25) is 0 Å². The Kier molecular flexibility index (Phi) is 3.22. The third-order valence-corrected chi connectivity index (χ3v) is 3.16. The fourth-order valence-corrected chi connectivity index (χ4v) is 2.18. The zero-order chi connectivity index (χ0) is 13.3. The molecule has 7 heteroatoms. The van der Waals surface area contributed by atoms with Crippen LogP contribution in [0.15, 0.2) is 0 Å². The summed E-state index contributed by atoms with van der Waals surface area (Å²) in [5.74, 6) is -0.955. The Labute approximate surface area is 104 Å². The lowest BCUT2D eigenvalue weighted by molar-refractivity contribution is -0.141. The summed E-state index contributed by atoms with van der Waals surface area (Å²) in [6.45, 7) is 4.05. The van der Waals surface area contributed by atoms with Gasteiger partial charge in [0.25, 0.3) is 0 Å². The molecule has 18 heavy (non-hydrogen) atoms. The zero-order valence-electron chi connectivity index (χ0n) is 10.4. The number of anilines is 1. The molecule has 7 nitrogen and oxygen atoms in total. The van der Waals surface area contributed by atoms with Crippen molar-refractivity contribution in [3.05, 3.63) is 11.4 Å². The van der Waals surface area contributed by atoms with E-state index in [1.165, 1.54) is 4.90 Å². The molecule has 98 valence electrons. The quantitative estimate of drug-likeness (QED) is 0.734. The molecule has 0 aliphatic carbocycles. The monoisotopic (exact) mass is 252 g/mol. The number of urea groups is 1. The minimum Gasteiger partial charge on any atom is -0.480 e. The highest BCUT2D eigenvalue weighted by atomic mass is 16.4. The molecule has 1 atom stereocenters. The maximum Gasteiger partial charge on any atom is 0.326 e. The van der Waals surface area contributed by atoms with Gasteiger partial charge < -0.3 is 15.3 Å². The van der Waals surface area contributed by atoms with Crippen LogP contribution in [0, 0.1) is 13.8 Å². The summed E-state index contributed by atoms with van der Waals surface area (Å²) < 4.78 is 0. The van der Waals surface area contributed by atoms with Crippen LogP contribution in [0.5, 0.6) is 0 Å². The Morgan fingerprint density at radius 1 is 1.50 bits per heavy atom. The summed E-state index contributed by atoms with van der Waals surface area (Å²) in [6, 6.07) is -1.11. The number of aromatic nitrogens is 2. The van der Waals surface area contributed by atoms with Crippen molar-refractivity contribution >= 4 is 17.7 Å². The van der Waals surface area contributed by atoms with E-state index in [1.54, 1.807) is 13.8 Å². The number of rotatable bonds is 2. The van der Waals surface area contributed by atoms with Gasteiger partial charge in [-0.3, -0.25) is 5.10 Å². The largest absolute Gasteiger partial charge is 0.480 e. The van der Waals surface area contributed by atoms with Crippen molar-refractivity contribution in [3.63, 3.8) is 0 Å². The third-order valence-electron chi connectivity index (χ3n) is 3.16. The van der Waals surface area contributed by atoms with E-state index in [2.05, 4.69) is 15.5 Å². The van der Waals surface area contributed by atoms with Crippen LogP contribution in [0.4, 0.5) is 10.5 Å². The number of aryl methyl sites for hydroxylation is 2. The normalized spacial score (nSPS) is 19.0. The molecule has 2 rings (SSSR count). The van der Waals surface area contributed by atoms with Crippen LogP contribution in [-0.4, -0.2) is 44.8 Å². The number of H-pyrrole nitrogens is 1. The standard InChI is InChI=1S/C11H16N4O3/c1-6-9(7(2)14-13-6)12-11(18)15-5-3-4-8(15)10(16)17/h8H,3-5H2,1-2H3,(H,12,18)(H,13,14)(H,16,17)/t8-/m0/s1. The molecule has 2 amide bonds. The van der Waals surface area contributed by atoms with Crippen molar-refractivity contribution in [2.75, 3.05) is 11.9 Å². The lowest BCUT2D eigenvalue weighted by Crippen LogP contribution is -2.42. The van der Waals surface area contributed by atoms with Gasteiger partial charge in [-0.2, -0.15) is 5.10 Å². The van der Waals surface area contributed by atoms with Crippen LogP contribution >= 0.6 is 0 Å². The second-order valence-corrected chi connectivity index (χ2v) is 4.43. The lowest BCUT2D eigenvalue weighted by atomic mass is 10.2. The molecule has 1 aromatic heterocycles. The van der Waals surface area contributed by atoms with Crippen LogP contribution in [0.3, 0.4) is 0 Å². The maximum absolute atomic E-state index is 12.0. The van der Waals surface area contributed by atoms with Gasteiger partial charge in [0, 0.05) is 6.54 Å². The Morgan fingerprint density at radius 2 is 2.22 bits per heavy atom. The van der Waals surface area contributed by atoms with E-state index in [0.29, 0.717) is 30.8 Å². The number of nitrogens with one attached hydrogen (secondary N) is 2. The van der Waals surface area contributed by atoms with E-state index in [-0.39, 0.29) is 6.03 Å². The second kappa shape index (κ2) is 4.67. The first-order chi connectivity index (χ1) is 8.50. The fraction of sp³-hybridized carbons (Fsp3) is 0.545. The highest BCUT2D eigenvalue weighted by molar-refractivity contribution is 5.93. The number of aromatic amines is 1. The molecule has 0 bridgehead atoms. The number of aliphatic carboxylic acids is 1. The number of carboxylic acid groups (broad SMARTS) is 1. The molecule has 0 aromatic carbocycles. The van der Waals surface area contributed by atoms with E-state index in [9.17, 15) is 9.59 Å². The predicted octanol–water partition coefficient (Wildman–Crippen LogP) is 1.11.